The molecule has 8 heteroatoms. The number of nitrogens with one attached hydrogen (secondary N) is 2. The summed E-state index contributed by atoms with van der Waals surface area (Å²) in [5, 5.41) is 2.78. The third-order valence-electron chi connectivity index (χ3n) is 4.29. The summed E-state index contributed by atoms with van der Waals surface area (Å²) in [5.74, 6) is 0.255. The van der Waals surface area contributed by atoms with Gasteiger partial charge in [0.2, 0.25) is 15.9 Å². The number of sulfonamides is 1. The van der Waals surface area contributed by atoms with E-state index >= 15 is 0 Å². The maximum Gasteiger partial charge on any atom is 0.248 e. The Morgan fingerprint density at radius 1 is 1.03 bits per heavy atom. The minimum absolute atomic E-state index is 0.0761. The number of hydrogen-bond acceptors (Lipinski definition) is 5. The van der Waals surface area contributed by atoms with Crippen molar-refractivity contribution in [1.29, 1.82) is 0 Å². The summed E-state index contributed by atoms with van der Waals surface area (Å²) in [5.41, 5.74) is 2.44. The first-order valence-corrected chi connectivity index (χ1v) is 10.7. The van der Waals surface area contributed by atoms with E-state index in [1.807, 2.05) is 43.3 Å². The van der Waals surface area contributed by atoms with Crippen molar-refractivity contribution in [2.45, 2.75) is 11.4 Å². The smallest absolute Gasteiger partial charge is 0.248 e. The fourth-order valence-corrected chi connectivity index (χ4v) is 3.61. The maximum absolute atomic E-state index is 12.3. The van der Waals surface area contributed by atoms with Crippen LogP contribution in [-0.4, -0.2) is 28.4 Å². The third-order valence-corrected chi connectivity index (χ3v) is 5.70. The molecule has 0 unspecified atom stereocenters. The third kappa shape index (κ3) is 5.82. The highest BCUT2D eigenvalue weighted by atomic mass is 32.2. The molecule has 1 amide bonds. The molecule has 0 fully saturated rings. The van der Waals surface area contributed by atoms with Gasteiger partial charge >= 0.3 is 0 Å². The number of benzene rings is 2. The summed E-state index contributed by atoms with van der Waals surface area (Å²) in [7, 11) is 0.241. The molecule has 0 radical (unpaired) electrons. The van der Waals surface area contributed by atoms with Crippen LogP contribution in [0, 0.1) is 0 Å². The fourth-order valence-electron chi connectivity index (χ4n) is 2.62. The number of hydrogen-bond donors (Lipinski definition) is 2. The predicted molar refractivity (Wildman–Crippen MR) is 118 cm³/mol. The molecule has 1 heterocycles. The van der Waals surface area contributed by atoms with Gasteiger partial charge in [0.15, 0.2) is 0 Å². The quantitative estimate of drug-likeness (QED) is 0.539. The minimum Gasteiger partial charge on any atom is -0.468 e. The topological polar surface area (TPSA) is 91.7 Å². The van der Waals surface area contributed by atoms with Crippen LogP contribution in [0.1, 0.15) is 11.3 Å². The lowest BCUT2D eigenvalue weighted by atomic mass is 10.2. The van der Waals surface area contributed by atoms with E-state index in [0.717, 1.165) is 5.69 Å². The zero-order valence-corrected chi connectivity index (χ0v) is 17.5. The highest BCUT2D eigenvalue weighted by Crippen LogP contribution is 2.16. The average molecular weight is 426 g/mol. The van der Waals surface area contributed by atoms with E-state index in [1.165, 1.54) is 24.5 Å². The van der Waals surface area contributed by atoms with Gasteiger partial charge in [-0.1, -0.05) is 12.1 Å². The van der Waals surface area contributed by atoms with Crippen molar-refractivity contribution in [2.75, 3.05) is 24.3 Å². The van der Waals surface area contributed by atoms with Crippen molar-refractivity contribution < 1.29 is 17.6 Å². The van der Waals surface area contributed by atoms with Gasteiger partial charge in [0, 0.05) is 31.5 Å². The van der Waals surface area contributed by atoms with Crippen LogP contribution in [0.5, 0.6) is 0 Å². The SMILES string of the molecule is CN(C)c1ccc(NC(=O)/C=C/c2ccc(S(=O)(=O)NCc3ccco3)cc2)cc1. The van der Waals surface area contributed by atoms with E-state index in [-0.39, 0.29) is 17.3 Å². The van der Waals surface area contributed by atoms with Gasteiger partial charge in [0.1, 0.15) is 5.76 Å². The molecule has 30 heavy (non-hydrogen) atoms. The highest BCUT2D eigenvalue weighted by Gasteiger charge is 2.14. The predicted octanol–water partition coefficient (Wildman–Crippen LogP) is 3.48. The number of nitrogens with zero attached hydrogens (tertiary/aromatic N) is 1. The number of furan rings is 1. The number of amides is 1. The molecule has 3 aromatic rings. The van der Waals surface area contributed by atoms with E-state index < -0.39 is 10.0 Å². The van der Waals surface area contributed by atoms with Crippen molar-refractivity contribution in [1.82, 2.24) is 4.72 Å². The van der Waals surface area contributed by atoms with Crippen LogP contribution < -0.4 is 14.9 Å². The van der Waals surface area contributed by atoms with Crippen LogP contribution in [0.25, 0.3) is 6.08 Å². The van der Waals surface area contributed by atoms with E-state index in [0.29, 0.717) is 17.0 Å². The van der Waals surface area contributed by atoms with Gasteiger partial charge in [-0.3, -0.25) is 4.79 Å². The van der Waals surface area contributed by atoms with Gasteiger partial charge in [0.25, 0.3) is 0 Å². The van der Waals surface area contributed by atoms with Gasteiger partial charge in [0.05, 0.1) is 17.7 Å². The zero-order chi connectivity index (χ0) is 21.6. The molecular formula is C22H23N3O4S. The largest absolute Gasteiger partial charge is 0.468 e. The maximum atomic E-state index is 12.3. The van der Waals surface area contributed by atoms with E-state index in [1.54, 1.807) is 30.3 Å². The molecule has 1 aromatic heterocycles. The van der Waals surface area contributed by atoms with Gasteiger partial charge < -0.3 is 14.6 Å². The Morgan fingerprint density at radius 3 is 2.33 bits per heavy atom. The summed E-state index contributed by atoms with van der Waals surface area (Å²) in [4.78, 5) is 14.2. The molecule has 0 spiro atoms. The minimum atomic E-state index is -3.65. The van der Waals surface area contributed by atoms with Crippen LogP contribution in [0.15, 0.2) is 82.3 Å². The second kappa shape index (κ2) is 9.43. The summed E-state index contributed by atoms with van der Waals surface area (Å²) in [6, 6.07) is 17.1. The Kier molecular flexibility index (Phi) is 6.71. The first-order chi connectivity index (χ1) is 14.3. The lowest BCUT2D eigenvalue weighted by Gasteiger charge is -2.12. The summed E-state index contributed by atoms with van der Waals surface area (Å²) < 4.78 is 32.3. The van der Waals surface area contributed by atoms with Crippen molar-refractivity contribution in [3.8, 4) is 0 Å². The van der Waals surface area contributed by atoms with Crippen LogP contribution >= 0.6 is 0 Å². The van der Waals surface area contributed by atoms with Crippen LogP contribution in [-0.2, 0) is 21.4 Å². The molecule has 2 N–H and O–H groups in total. The molecule has 0 bridgehead atoms. The molecular weight excluding hydrogens is 402 g/mol. The number of rotatable bonds is 8. The summed E-state index contributed by atoms with van der Waals surface area (Å²) in [6.45, 7) is 0.0761. The van der Waals surface area contributed by atoms with Gasteiger partial charge in [-0.15, -0.1) is 0 Å². The first kappa shape index (κ1) is 21.4. The Morgan fingerprint density at radius 2 is 1.73 bits per heavy atom. The number of carbonyl (C=O) groups is 1. The second-order valence-corrected chi connectivity index (χ2v) is 8.50. The van der Waals surface area contributed by atoms with Crippen molar-refractivity contribution in [3.63, 3.8) is 0 Å². The molecule has 156 valence electrons. The number of carbonyl (C=O) groups excluding carboxylic acids is 1. The van der Waals surface area contributed by atoms with Gasteiger partial charge in [-0.05, 0) is 60.2 Å². The molecule has 0 aliphatic carbocycles. The molecule has 0 saturated carbocycles. The van der Waals surface area contributed by atoms with Crippen molar-refractivity contribution in [2.24, 2.45) is 0 Å². The summed E-state index contributed by atoms with van der Waals surface area (Å²) in [6.07, 6.45) is 4.51. The van der Waals surface area contributed by atoms with Crippen LogP contribution in [0.2, 0.25) is 0 Å². The fraction of sp³-hybridized carbons (Fsp3) is 0.136. The second-order valence-electron chi connectivity index (χ2n) is 6.74. The average Bonchev–Trinajstić information content (AvgIpc) is 3.25. The van der Waals surface area contributed by atoms with Crippen LogP contribution in [0.3, 0.4) is 0 Å². The van der Waals surface area contributed by atoms with Crippen LogP contribution in [0.4, 0.5) is 11.4 Å². The Bertz CT molecular complexity index is 1100. The molecule has 0 atom stereocenters. The zero-order valence-electron chi connectivity index (χ0n) is 16.7. The monoisotopic (exact) mass is 425 g/mol. The molecule has 2 aromatic carbocycles. The molecule has 0 aliphatic heterocycles. The highest BCUT2D eigenvalue weighted by molar-refractivity contribution is 7.89. The van der Waals surface area contributed by atoms with E-state index in [9.17, 15) is 13.2 Å². The Hall–Kier alpha value is -3.36. The lowest BCUT2D eigenvalue weighted by molar-refractivity contribution is -0.111. The number of anilines is 2. The normalized spacial score (nSPS) is 11.5. The standard InChI is InChI=1S/C22H23N3O4S/c1-25(2)19-10-8-18(9-11-19)24-22(26)14-7-17-5-12-21(13-6-17)30(27,28)23-16-20-4-3-15-29-20/h3-15,23H,16H2,1-2H3,(H,24,26)/b14-7+. The molecule has 0 aliphatic rings. The molecule has 0 saturated heterocycles. The Labute approximate surface area is 176 Å². The lowest BCUT2D eigenvalue weighted by Crippen LogP contribution is -2.22. The van der Waals surface area contributed by atoms with E-state index in [4.69, 9.17) is 4.42 Å². The first-order valence-electron chi connectivity index (χ1n) is 9.22. The van der Waals surface area contributed by atoms with Gasteiger partial charge in [-0.2, -0.15) is 0 Å². The summed E-state index contributed by atoms with van der Waals surface area (Å²) >= 11 is 0. The molecule has 7 nitrogen and oxygen atoms in total. The Balaban J connectivity index is 1.57. The van der Waals surface area contributed by atoms with E-state index in [2.05, 4.69) is 10.0 Å². The van der Waals surface area contributed by atoms with Gasteiger partial charge in [-0.25, -0.2) is 13.1 Å². The molecule has 3 rings (SSSR count). The van der Waals surface area contributed by atoms with Crippen molar-refractivity contribution in [3.05, 3.63) is 84.3 Å². The van der Waals surface area contributed by atoms with Crippen molar-refractivity contribution >= 4 is 33.4 Å².